The van der Waals surface area contributed by atoms with E-state index in [2.05, 4.69) is 40.0 Å². The van der Waals surface area contributed by atoms with Crippen molar-refractivity contribution in [2.24, 2.45) is 0 Å². The molecule has 2 saturated heterocycles. The molecule has 4 rings (SSSR count). The van der Waals surface area contributed by atoms with Crippen LogP contribution in [0.3, 0.4) is 0 Å². The van der Waals surface area contributed by atoms with Gasteiger partial charge in [-0.25, -0.2) is 10.9 Å². The van der Waals surface area contributed by atoms with Crippen LogP contribution >= 0.6 is 0 Å². The lowest BCUT2D eigenvalue weighted by molar-refractivity contribution is -0.135. The van der Waals surface area contributed by atoms with E-state index in [-0.39, 0.29) is 18.0 Å². The summed E-state index contributed by atoms with van der Waals surface area (Å²) in [5.74, 6) is 1.05. The minimum absolute atomic E-state index is 0.0586. The highest BCUT2D eigenvalue weighted by Crippen LogP contribution is 2.23. The molecule has 3 heterocycles. The molecule has 0 bridgehead atoms. The number of carbonyl (C=O) groups excluding carboxylic acids is 1. The molecule has 0 radical (unpaired) electrons. The fourth-order valence-electron chi connectivity index (χ4n) is 3.58. The second kappa shape index (κ2) is 7.39. The van der Waals surface area contributed by atoms with Crippen molar-refractivity contribution in [3.8, 4) is 0 Å². The number of hydrogen-bond donors (Lipinski definition) is 2. The molecule has 0 spiro atoms. The normalized spacial score (nSPS) is 24.6. The molecule has 6 nitrogen and oxygen atoms in total. The lowest BCUT2D eigenvalue weighted by atomic mass is 10.1. The lowest BCUT2D eigenvalue weighted by Crippen LogP contribution is -2.53. The van der Waals surface area contributed by atoms with Gasteiger partial charge in [-0.15, -0.1) is 0 Å². The Labute approximate surface area is 147 Å². The van der Waals surface area contributed by atoms with Gasteiger partial charge >= 0.3 is 0 Å². The van der Waals surface area contributed by atoms with Gasteiger partial charge in [-0.3, -0.25) is 9.69 Å². The second-order valence-electron chi connectivity index (χ2n) is 6.73. The molecule has 132 valence electrons. The quantitative estimate of drug-likeness (QED) is 0.884. The van der Waals surface area contributed by atoms with Crippen molar-refractivity contribution in [2.75, 3.05) is 26.2 Å². The first-order valence-corrected chi connectivity index (χ1v) is 8.89. The maximum Gasteiger partial charge on any atom is 0.241 e. The lowest BCUT2D eigenvalue weighted by Gasteiger charge is -2.35. The van der Waals surface area contributed by atoms with Crippen molar-refractivity contribution in [1.29, 1.82) is 0 Å². The first kappa shape index (κ1) is 16.3. The molecule has 6 heteroatoms. The van der Waals surface area contributed by atoms with E-state index < -0.39 is 0 Å². The molecular formula is C19H24N4O2. The molecule has 1 aromatic carbocycles. The van der Waals surface area contributed by atoms with Crippen molar-refractivity contribution >= 4 is 5.91 Å². The van der Waals surface area contributed by atoms with Crippen molar-refractivity contribution < 1.29 is 9.21 Å². The molecular weight excluding hydrogens is 316 g/mol. The summed E-state index contributed by atoms with van der Waals surface area (Å²) in [5, 5.41) is 0. The van der Waals surface area contributed by atoms with Crippen molar-refractivity contribution in [3.05, 3.63) is 60.1 Å². The summed E-state index contributed by atoms with van der Waals surface area (Å²) < 4.78 is 5.43. The van der Waals surface area contributed by atoms with E-state index in [1.807, 2.05) is 23.1 Å². The third kappa shape index (κ3) is 3.76. The summed E-state index contributed by atoms with van der Waals surface area (Å²) in [6, 6.07) is 14.2. The maximum atomic E-state index is 12.8. The van der Waals surface area contributed by atoms with E-state index in [9.17, 15) is 4.79 Å². The molecule has 2 unspecified atom stereocenters. The average Bonchev–Trinajstić information content (AvgIpc) is 3.34. The minimum Gasteiger partial charge on any atom is -0.468 e. The minimum atomic E-state index is -0.184. The van der Waals surface area contributed by atoms with Crippen LogP contribution in [0.15, 0.2) is 53.1 Å². The van der Waals surface area contributed by atoms with Gasteiger partial charge in [0.05, 0.1) is 12.3 Å². The molecule has 2 atom stereocenters. The van der Waals surface area contributed by atoms with E-state index in [1.165, 1.54) is 5.56 Å². The van der Waals surface area contributed by atoms with Crippen molar-refractivity contribution in [2.45, 2.75) is 25.0 Å². The van der Waals surface area contributed by atoms with Gasteiger partial charge in [-0.1, -0.05) is 30.3 Å². The van der Waals surface area contributed by atoms with Crippen LogP contribution < -0.4 is 10.9 Å². The topological polar surface area (TPSA) is 60.8 Å². The highest BCUT2D eigenvalue weighted by molar-refractivity contribution is 5.82. The Balaban J connectivity index is 1.27. The molecule has 2 aliphatic heterocycles. The van der Waals surface area contributed by atoms with Gasteiger partial charge in [0.15, 0.2) is 0 Å². The molecule has 2 aromatic rings. The SMILES string of the molecule is O=C(C1CC(c2ccco2)NN1)N1CCN(Cc2ccccc2)CC1. The predicted octanol–water partition coefficient (Wildman–Crippen LogP) is 1.53. The van der Waals surface area contributed by atoms with Gasteiger partial charge in [0.25, 0.3) is 0 Å². The number of furan rings is 1. The van der Waals surface area contributed by atoms with Crippen LogP contribution in [-0.4, -0.2) is 47.9 Å². The number of benzene rings is 1. The Morgan fingerprint density at radius 2 is 1.84 bits per heavy atom. The largest absolute Gasteiger partial charge is 0.468 e. The number of rotatable bonds is 4. The summed E-state index contributed by atoms with van der Waals surface area (Å²) in [6.45, 7) is 4.36. The van der Waals surface area contributed by atoms with E-state index >= 15 is 0 Å². The zero-order chi connectivity index (χ0) is 17.1. The van der Waals surface area contributed by atoms with Crippen LogP contribution in [0.1, 0.15) is 23.8 Å². The Morgan fingerprint density at radius 3 is 2.56 bits per heavy atom. The Kier molecular flexibility index (Phi) is 4.83. The summed E-state index contributed by atoms with van der Waals surface area (Å²) in [6.07, 6.45) is 2.38. The summed E-state index contributed by atoms with van der Waals surface area (Å²) >= 11 is 0. The van der Waals surface area contributed by atoms with Gasteiger partial charge in [0.1, 0.15) is 11.8 Å². The number of piperazine rings is 1. The van der Waals surface area contributed by atoms with E-state index in [4.69, 9.17) is 4.42 Å². The summed E-state index contributed by atoms with van der Waals surface area (Å²) in [7, 11) is 0. The van der Waals surface area contributed by atoms with Gasteiger partial charge < -0.3 is 9.32 Å². The highest BCUT2D eigenvalue weighted by Gasteiger charge is 2.34. The average molecular weight is 340 g/mol. The third-order valence-corrected chi connectivity index (χ3v) is 5.02. The first-order valence-electron chi connectivity index (χ1n) is 8.89. The number of amides is 1. The number of carbonyl (C=O) groups is 1. The maximum absolute atomic E-state index is 12.8. The van der Waals surface area contributed by atoms with E-state index in [0.717, 1.165) is 44.9 Å². The molecule has 0 saturated carbocycles. The molecule has 1 amide bonds. The molecule has 2 aliphatic rings. The van der Waals surface area contributed by atoms with Crippen molar-refractivity contribution in [3.63, 3.8) is 0 Å². The smallest absolute Gasteiger partial charge is 0.241 e. The molecule has 2 fully saturated rings. The molecule has 25 heavy (non-hydrogen) atoms. The number of nitrogens with zero attached hydrogens (tertiary/aromatic N) is 2. The summed E-state index contributed by atoms with van der Waals surface area (Å²) in [5.41, 5.74) is 7.62. The fourth-order valence-corrected chi connectivity index (χ4v) is 3.58. The fraction of sp³-hybridized carbons (Fsp3) is 0.421. The summed E-state index contributed by atoms with van der Waals surface area (Å²) in [4.78, 5) is 17.1. The van der Waals surface area contributed by atoms with Crippen molar-refractivity contribution in [1.82, 2.24) is 20.7 Å². The van der Waals surface area contributed by atoms with E-state index in [1.54, 1.807) is 6.26 Å². The van der Waals surface area contributed by atoms with E-state index in [0.29, 0.717) is 0 Å². The first-order chi connectivity index (χ1) is 12.3. The van der Waals surface area contributed by atoms with Gasteiger partial charge in [0.2, 0.25) is 5.91 Å². The zero-order valence-corrected chi connectivity index (χ0v) is 14.2. The monoisotopic (exact) mass is 340 g/mol. The standard InChI is InChI=1S/C19H24N4O2/c24-19(17-13-16(20-21-17)18-7-4-12-25-18)23-10-8-22(9-11-23)14-15-5-2-1-3-6-15/h1-7,12,16-17,20-21H,8-11,13-14H2. The third-order valence-electron chi connectivity index (χ3n) is 5.02. The molecule has 0 aliphatic carbocycles. The van der Waals surface area contributed by atoms with Crippen LogP contribution in [0.4, 0.5) is 0 Å². The Hall–Kier alpha value is -2.15. The number of hydrazine groups is 1. The van der Waals surface area contributed by atoms with Crippen LogP contribution in [0.2, 0.25) is 0 Å². The predicted molar refractivity (Wildman–Crippen MR) is 94.4 cm³/mol. The van der Waals surface area contributed by atoms with Gasteiger partial charge in [-0.05, 0) is 24.1 Å². The van der Waals surface area contributed by atoms with Crippen LogP contribution in [0.5, 0.6) is 0 Å². The highest BCUT2D eigenvalue weighted by atomic mass is 16.3. The Bertz CT molecular complexity index is 681. The van der Waals surface area contributed by atoms with Crippen LogP contribution in [-0.2, 0) is 11.3 Å². The van der Waals surface area contributed by atoms with Gasteiger partial charge in [-0.2, -0.15) is 0 Å². The number of nitrogens with one attached hydrogen (secondary N) is 2. The van der Waals surface area contributed by atoms with Crippen LogP contribution in [0.25, 0.3) is 0 Å². The zero-order valence-electron chi connectivity index (χ0n) is 14.2. The van der Waals surface area contributed by atoms with Gasteiger partial charge in [0, 0.05) is 32.7 Å². The molecule has 2 N–H and O–H groups in total. The Morgan fingerprint density at radius 1 is 1.04 bits per heavy atom. The number of hydrogen-bond acceptors (Lipinski definition) is 5. The second-order valence-corrected chi connectivity index (χ2v) is 6.73. The molecule has 1 aromatic heterocycles. The van der Waals surface area contributed by atoms with Crippen LogP contribution in [0, 0.1) is 0 Å².